The van der Waals surface area contributed by atoms with E-state index in [0.29, 0.717) is 5.11 Å². The number of nitrogens with one attached hydrogen (secondary N) is 2. The van der Waals surface area contributed by atoms with Crippen LogP contribution < -0.4 is 10.6 Å². The number of thiazole rings is 1. The first-order valence-corrected chi connectivity index (χ1v) is 7.26. The van der Waals surface area contributed by atoms with Crippen LogP contribution in [0.25, 0.3) is 10.6 Å². The van der Waals surface area contributed by atoms with Crippen molar-refractivity contribution in [2.24, 2.45) is 0 Å². The fraction of sp³-hybridized carbons (Fsp3) is 0.273. The Kier molecular flexibility index (Phi) is 4.09. The first-order valence-electron chi connectivity index (χ1n) is 5.16. The second-order valence-electron chi connectivity index (χ2n) is 3.45. The fourth-order valence-electron chi connectivity index (χ4n) is 1.34. The average molecular weight is 283 g/mol. The van der Waals surface area contributed by atoms with Gasteiger partial charge in [0.25, 0.3) is 0 Å². The molecule has 2 rings (SSSR count). The van der Waals surface area contributed by atoms with Crippen LogP contribution in [0.2, 0.25) is 0 Å². The summed E-state index contributed by atoms with van der Waals surface area (Å²) in [6, 6.07) is 4.22. The molecule has 0 spiro atoms. The average Bonchev–Trinajstić information content (AvgIpc) is 2.94. The standard InChI is InChI=1S/C11H13N3S3/c1-7-14-9(6-16-7)10-4-3-8(17-10)5-13-11(15)12-2/h3-4,6H,5H2,1-2H3,(H2,12,13,15). The molecule has 3 nitrogen and oxygen atoms in total. The Hall–Kier alpha value is -0.980. The van der Waals surface area contributed by atoms with Crippen molar-refractivity contribution in [3.8, 4) is 10.6 Å². The predicted molar refractivity (Wildman–Crippen MR) is 78.7 cm³/mol. The molecule has 0 radical (unpaired) electrons. The van der Waals surface area contributed by atoms with Gasteiger partial charge >= 0.3 is 0 Å². The van der Waals surface area contributed by atoms with Crippen molar-refractivity contribution < 1.29 is 0 Å². The van der Waals surface area contributed by atoms with Crippen LogP contribution in [0.3, 0.4) is 0 Å². The fourth-order valence-corrected chi connectivity index (χ4v) is 3.01. The van der Waals surface area contributed by atoms with Gasteiger partial charge in [0.2, 0.25) is 0 Å². The molecule has 0 aliphatic rings. The summed E-state index contributed by atoms with van der Waals surface area (Å²) in [5.74, 6) is 0. The lowest BCUT2D eigenvalue weighted by molar-refractivity contribution is 0.906. The minimum absolute atomic E-state index is 0.671. The lowest BCUT2D eigenvalue weighted by Gasteiger charge is -2.04. The molecule has 0 saturated carbocycles. The Bertz CT molecular complexity index is 516. The van der Waals surface area contributed by atoms with Gasteiger partial charge in [0.15, 0.2) is 5.11 Å². The van der Waals surface area contributed by atoms with Gasteiger partial charge in [-0.15, -0.1) is 22.7 Å². The van der Waals surface area contributed by atoms with Crippen molar-refractivity contribution in [2.45, 2.75) is 13.5 Å². The highest BCUT2D eigenvalue weighted by Gasteiger charge is 2.06. The van der Waals surface area contributed by atoms with E-state index in [4.69, 9.17) is 12.2 Å². The molecular formula is C11H13N3S3. The van der Waals surface area contributed by atoms with E-state index in [2.05, 4.69) is 33.1 Å². The molecule has 0 atom stereocenters. The van der Waals surface area contributed by atoms with Gasteiger partial charge in [0, 0.05) is 17.3 Å². The molecule has 2 N–H and O–H groups in total. The first-order chi connectivity index (χ1) is 8.19. The lowest BCUT2D eigenvalue weighted by atomic mass is 10.3. The predicted octanol–water partition coefficient (Wildman–Crippen LogP) is 2.77. The quantitative estimate of drug-likeness (QED) is 0.849. The van der Waals surface area contributed by atoms with Crippen LogP contribution in [0.15, 0.2) is 17.5 Å². The van der Waals surface area contributed by atoms with E-state index in [9.17, 15) is 0 Å². The second kappa shape index (κ2) is 5.57. The van der Waals surface area contributed by atoms with Gasteiger partial charge in [-0.2, -0.15) is 0 Å². The molecule has 6 heteroatoms. The molecule has 0 bridgehead atoms. The summed E-state index contributed by atoms with van der Waals surface area (Å²) in [5.41, 5.74) is 1.07. The molecule has 90 valence electrons. The Morgan fingerprint density at radius 1 is 1.47 bits per heavy atom. The highest BCUT2D eigenvalue weighted by Crippen LogP contribution is 2.28. The van der Waals surface area contributed by atoms with E-state index in [1.54, 1.807) is 22.7 Å². The van der Waals surface area contributed by atoms with E-state index in [1.807, 2.05) is 14.0 Å². The van der Waals surface area contributed by atoms with Crippen LogP contribution in [0, 0.1) is 6.92 Å². The van der Waals surface area contributed by atoms with E-state index in [1.165, 1.54) is 9.75 Å². The number of hydrogen-bond donors (Lipinski definition) is 2. The molecule has 0 aliphatic carbocycles. The molecule has 0 aliphatic heterocycles. The summed E-state index contributed by atoms with van der Waals surface area (Å²) < 4.78 is 0. The van der Waals surface area contributed by atoms with Gasteiger partial charge in [-0.1, -0.05) is 0 Å². The summed E-state index contributed by atoms with van der Waals surface area (Å²) in [6.45, 7) is 2.78. The highest BCUT2D eigenvalue weighted by atomic mass is 32.1. The summed E-state index contributed by atoms with van der Waals surface area (Å²) in [7, 11) is 1.81. The zero-order valence-corrected chi connectivity index (χ0v) is 12.1. The van der Waals surface area contributed by atoms with E-state index < -0.39 is 0 Å². The number of thiocarbonyl (C=S) groups is 1. The number of nitrogens with zero attached hydrogens (tertiary/aromatic N) is 1. The largest absolute Gasteiger partial charge is 0.366 e. The third-order valence-corrected chi connectivity index (χ3v) is 4.41. The smallest absolute Gasteiger partial charge is 0.166 e. The highest BCUT2D eigenvalue weighted by molar-refractivity contribution is 7.80. The van der Waals surface area contributed by atoms with Gasteiger partial charge in [0.1, 0.15) is 0 Å². The van der Waals surface area contributed by atoms with Crippen LogP contribution in [0.5, 0.6) is 0 Å². The molecule has 2 aromatic heterocycles. The SMILES string of the molecule is CNC(=S)NCc1ccc(-c2csc(C)n2)s1. The first kappa shape index (κ1) is 12.5. The van der Waals surface area contributed by atoms with Gasteiger partial charge in [0.05, 0.1) is 22.1 Å². The number of aryl methyl sites for hydroxylation is 1. The van der Waals surface area contributed by atoms with Gasteiger partial charge < -0.3 is 10.6 Å². The van der Waals surface area contributed by atoms with Crippen molar-refractivity contribution in [1.82, 2.24) is 15.6 Å². The monoisotopic (exact) mass is 283 g/mol. The third-order valence-electron chi connectivity index (χ3n) is 2.18. The zero-order valence-electron chi connectivity index (χ0n) is 9.61. The zero-order chi connectivity index (χ0) is 12.3. The van der Waals surface area contributed by atoms with Crippen LogP contribution in [0.4, 0.5) is 0 Å². The van der Waals surface area contributed by atoms with Gasteiger partial charge in [-0.05, 0) is 31.3 Å². The Morgan fingerprint density at radius 3 is 2.94 bits per heavy atom. The minimum Gasteiger partial charge on any atom is -0.366 e. The Morgan fingerprint density at radius 2 is 2.29 bits per heavy atom. The Labute approximate surface area is 114 Å². The maximum Gasteiger partial charge on any atom is 0.166 e. The molecule has 17 heavy (non-hydrogen) atoms. The second-order valence-corrected chi connectivity index (χ2v) is 6.09. The van der Waals surface area contributed by atoms with Gasteiger partial charge in [-0.3, -0.25) is 0 Å². The summed E-state index contributed by atoms with van der Waals surface area (Å²) in [4.78, 5) is 6.94. The lowest BCUT2D eigenvalue weighted by Crippen LogP contribution is -2.31. The third kappa shape index (κ3) is 3.24. The van der Waals surface area contributed by atoms with E-state index in [0.717, 1.165) is 17.2 Å². The molecule has 2 heterocycles. The van der Waals surface area contributed by atoms with Crippen LogP contribution in [-0.2, 0) is 6.54 Å². The summed E-state index contributed by atoms with van der Waals surface area (Å²) in [5, 5.41) is 9.89. The normalized spacial score (nSPS) is 10.2. The van der Waals surface area contributed by atoms with Crippen LogP contribution in [0.1, 0.15) is 9.88 Å². The van der Waals surface area contributed by atoms with Crippen molar-refractivity contribution in [3.63, 3.8) is 0 Å². The van der Waals surface area contributed by atoms with Gasteiger partial charge in [-0.25, -0.2) is 4.98 Å². The molecular weight excluding hydrogens is 270 g/mol. The number of aromatic nitrogens is 1. The maximum atomic E-state index is 5.03. The number of hydrogen-bond acceptors (Lipinski definition) is 4. The molecule has 0 saturated heterocycles. The Balaban J connectivity index is 2.03. The molecule has 2 aromatic rings. The van der Waals surface area contributed by atoms with Crippen LogP contribution in [-0.4, -0.2) is 17.1 Å². The summed E-state index contributed by atoms with van der Waals surface area (Å²) >= 11 is 8.46. The van der Waals surface area contributed by atoms with Crippen molar-refractivity contribution in [1.29, 1.82) is 0 Å². The van der Waals surface area contributed by atoms with Crippen LogP contribution >= 0.6 is 34.9 Å². The van der Waals surface area contributed by atoms with E-state index >= 15 is 0 Å². The molecule has 0 aromatic carbocycles. The molecule has 0 unspecified atom stereocenters. The number of thiophene rings is 1. The molecule has 0 fully saturated rings. The van der Waals surface area contributed by atoms with Crippen molar-refractivity contribution >= 4 is 40.0 Å². The van der Waals surface area contributed by atoms with E-state index in [-0.39, 0.29) is 0 Å². The molecule has 0 amide bonds. The topological polar surface area (TPSA) is 37.0 Å². The number of rotatable bonds is 3. The minimum atomic E-state index is 0.671. The van der Waals surface area contributed by atoms with Crippen molar-refractivity contribution in [3.05, 3.63) is 27.4 Å². The van der Waals surface area contributed by atoms with Crippen molar-refractivity contribution in [2.75, 3.05) is 7.05 Å². The maximum absolute atomic E-state index is 5.03. The summed E-state index contributed by atoms with van der Waals surface area (Å²) in [6.07, 6.45) is 0.